The molecule has 0 amide bonds. The van der Waals surface area contributed by atoms with E-state index in [0.29, 0.717) is 0 Å². The summed E-state index contributed by atoms with van der Waals surface area (Å²) in [4.78, 5) is 0. The lowest BCUT2D eigenvalue weighted by molar-refractivity contribution is -0.125. The first-order valence-electron chi connectivity index (χ1n) is 7.09. The lowest BCUT2D eigenvalue weighted by atomic mass is 10.1. The Morgan fingerprint density at radius 3 is 2.62 bits per heavy atom. The molecule has 2 heterocycles. The summed E-state index contributed by atoms with van der Waals surface area (Å²) in [7, 11) is 0. The highest BCUT2D eigenvalue weighted by Crippen LogP contribution is 2.28. The number of nitrogens with one attached hydrogen (secondary N) is 2. The van der Waals surface area contributed by atoms with Gasteiger partial charge in [-0.25, -0.2) is 0 Å². The van der Waals surface area contributed by atoms with Crippen molar-refractivity contribution in [2.75, 3.05) is 6.54 Å². The van der Waals surface area contributed by atoms with E-state index in [9.17, 15) is 13.2 Å². The number of aromatic nitrogens is 1. The topological polar surface area (TPSA) is 29.0 Å². The quantitative estimate of drug-likeness (QED) is 0.908. The highest BCUT2D eigenvalue weighted by atomic mass is 19.4. The smallest absolute Gasteiger partial charge is 0.347 e. The maximum absolute atomic E-state index is 12.2. The summed E-state index contributed by atoms with van der Waals surface area (Å²) in [6.45, 7) is 3.81. The second-order valence-corrected chi connectivity index (χ2v) is 5.40. The molecule has 1 aliphatic heterocycles. The number of alkyl halides is 3. The van der Waals surface area contributed by atoms with Crippen LogP contribution >= 0.6 is 0 Å². The predicted octanol–water partition coefficient (Wildman–Crippen LogP) is 2.92. The molecular formula is C15H18F3N3. The molecule has 0 saturated carbocycles. The van der Waals surface area contributed by atoms with Gasteiger partial charge in [-0.1, -0.05) is 0 Å². The molecule has 0 atom stereocenters. The van der Waals surface area contributed by atoms with Gasteiger partial charge in [0, 0.05) is 43.3 Å². The zero-order valence-corrected chi connectivity index (χ0v) is 11.8. The van der Waals surface area contributed by atoms with E-state index >= 15 is 0 Å². The van der Waals surface area contributed by atoms with Crippen molar-refractivity contribution in [3.05, 3.63) is 35.0 Å². The molecule has 114 valence electrons. The third-order valence-electron chi connectivity index (χ3n) is 3.90. The number of hydrogen-bond acceptors (Lipinski definition) is 2. The average Bonchev–Trinajstić information content (AvgIpc) is 2.99. The summed E-state index contributed by atoms with van der Waals surface area (Å²) in [5, 5.41) is 6.83. The van der Waals surface area contributed by atoms with Crippen LogP contribution in [0.4, 0.5) is 13.2 Å². The SMILES string of the molecule is CCn1cc(CNCC(F)(F)F)c2cc3c(cc21)CNC3. The van der Waals surface area contributed by atoms with Gasteiger partial charge >= 0.3 is 6.18 Å². The zero-order chi connectivity index (χ0) is 15.0. The van der Waals surface area contributed by atoms with E-state index in [1.807, 2.05) is 13.1 Å². The fourth-order valence-electron chi connectivity index (χ4n) is 2.90. The van der Waals surface area contributed by atoms with Gasteiger partial charge in [0.25, 0.3) is 0 Å². The van der Waals surface area contributed by atoms with Crippen LogP contribution in [0.15, 0.2) is 18.3 Å². The van der Waals surface area contributed by atoms with Crippen molar-refractivity contribution in [3.8, 4) is 0 Å². The predicted molar refractivity (Wildman–Crippen MR) is 75.9 cm³/mol. The number of hydrogen-bond donors (Lipinski definition) is 2. The monoisotopic (exact) mass is 297 g/mol. The molecule has 0 spiro atoms. The Hall–Kier alpha value is -1.53. The molecule has 0 unspecified atom stereocenters. The van der Waals surface area contributed by atoms with Gasteiger partial charge in [-0.05, 0) is 35.7 Å². The Bertz CT molecular complexity index is 658. The number of aryl methyl sites for hydroxylation is 1. The molecule has 6 heteroatoms. The molecule has 1 aliphatic rings. The summed E-state index contributed by atoms with van der Waals surface area (Å²) in [5.74, 6) is 0. The molecule has 0 fully saturated rings. The third-order valence-corrected chi connectivity index (χ3v) is 3.90. The van der Waals surface area contributed by atoms with Gasteiger partial charge in [-0.15, -0.1) is 0 Å². The minimum atomic E-state index is -4.17. The summed E-state index contributed by atoms with van der Waals surface area (Å²) >= 11 is 0. The van der Waals surface area contributed by atoms with Crippen LogP contribution in [0.1, 0.15) is 23.6 Å². The van der Waals surface area contributed by atoms with Gasteiger partial charge in [0.05, 0.1) is 6.54 Å². The maximum Gasteiger partial charge on any atom is 0.401 e. The van der Waals surface area contributed by atoms with Crippen LogP contribution < -0.4 is 10.6 Å². The molecule has 3 nitrogen and oxygen atoms in total. The van der Waals surface area contributed by atoms with Gasteiger partial charge < -0.3 is 15.2 Å². The van der Waals surface area contributed by atoms with Crippen LogP contribution in [-0.4, -0.2) is 17.3 Å². The molecule has 0 radical (unpaired) electrons. The average molecular weight is 297 g/mol. The van der Waals surface area contributed by atoms with E-state index in [1.165, 1.54) is 11.1 Å². The first-order valence-corrected chi connectivity index (χ1v) is 7.09. The largest absolute Gasteiger partial charge is 0.401 e. The Balaban J connectivity index is 1.91. The third kappa shape index (κ3) is 2.91. The van der Waals surface area contributed by atoms with Crippen molar-refractivity contribution >= 4 is 10.9 Å². The summed E-state index contributed by atoms with van der Waals surface area (Å²) < 4.78 is 38.8. The number of rotatable bonds is 4. The van der Waals surface area contributed by atoms with Crippen molar-refractivity contribution in [1.82, 2.24) is 15.2 Å². The first kappa shape index (κ1) is 14.4. The van der Waals surface area contributed by atoms with Gasteiger partial charge in [0.2, 0.25) is 0 Å². The Morgan fingerprint density at radius 2 is 1.95 bits per heavy atom. The Labute approximate surface area is 121 Å². The van der Waals surface area contributed by atoms with E-state index in [0.717, 1.165) is 36.1 Å². The molecule has 2 aromatic rings. The Kier molecular flexibility index (Phi) is 3.67. The van der Waals surface area contributed by atoms with Crippen LogP contribution in [0.2, 0.25) is 0 Å². The van der Waals surface area contributed by atoms with Crippen LogP contribution in [0.5, 0.6) is 0 Å². The number of nitrogens with zero attached hydrogens (tertiary/aromatic N) is 1. The van der Waals surface area contributed by atoms with E-state index in [-0.39, 0.29) is 6.54 Å². The standard InChI is InChI=1S/C15H18F3N3/c1-2-21-8-12(7-20-9-15(16,17)18)13-3-10-5-19-6-11(10)4-14(13)21/h3-4,8,19-20H,2,5-7,9H2,1H3. The van der Waals surface area contributed by atoms with Crippen molar-refractivity contribution in [2.45, 2.75) is 39.3 Å². The molecule has 1 aromatic carbocycles. The van der Waals surface area contributed by atoms with Crippen molar-refractivity contribution in [1.29, 1.82) is 0 Å². The fourth-order valence-corrected chi connectivity index (χ4v) is 2.90. The van der Waals surface area contributed by atoms with Gasteiger partial charge in [0.15, 0.2) is 0 Å². The summed E-state index contributed by atoms with van der Waals surface area (Å²) in [6, 6.07) is 4.27. The number of fused-ring (bicyclic) bond motifs is 2. The summed E-state index contributed by atoms with van der Waals surface area (Å²) in [6.07, 6.45) is -2.22. The molecule has 0 aliphatic carbocycles. The lowest BCUT2D eigenvalue weighted by Gasteiger charge is -2.07. The van der Waals surface area contributed by atoms with E-state index < -0.39 is 12.7 Å². The van der Waals surface area contributed by atoms with Crippen molar-refractivity contribution < 1.29 is 13.2 Å². The second-order valence-electron chi connectivity index (χ2n) is 5.40. The van der Waals surface area contributed by atoms with E-state index in [2.05, 4.69) is 27.3 Å². The lowest BCUT2D eigenvalue weighted by Crippen LogP contribution is -2.28. The van der Waals surface area contributed by atoms with Gasteiger partial charge in [-0.3, -0.25) is 0 Å². The molecule has 21 heavy (non-hydrogen) atoms. The van der Waals surface area contributed by atoms with Crippen LogP contribution in [0, 0.1) is 0 Å². The van der Waals surface area contributed by atoms with Crippen molar-refractivity contribution in [2.24, 2.45) is 0 Å². The molecular weight excluding hydrogens is 279 g/mol. The number of benzene rings is 1. The molecule has 2 N–H and O–H groups in total. The van der Waals surface area contributed by atoms with E-state index in [1.54, 1.807) is 0 Å². The second kappa shape index (κ2) is 5.35. The maximum atomic E-state index is 12.2. The van der Waals surface area contributed by atoms with Gasteiger partial charge in [-0.2, -0.15) is 13.2 Å². The highest BCUT2D eigenvalue weighted by molar-refractivity contribution is 5.86. The zero-order valence-electron chi connectivity index (χ0n) is 11.8. The minimum absolute atomic E-state index is 0.231. The fraction of sp³-hybridized carbons (Fsp3) is 0.467. The first-order chi connectivity index (χ1) is 9.98. The highest BCUT2D eigenvalue weighted by Gasteiger charge is 2.26. The molecule has 0 saturated heterocycles. The molecule has 3 rings (SSSR count). The van der Waals surface area contributed by atoms with Crippen LogP contribution in [0.25, 0.3) is 10.9 Å². The van der Waals surface area contributed by atoms with Crippen LogP contribution in [-0.2, 0) is 26.2 Å². The minimum Gasteiger partial charge on any atom is -0.347 e. The Morgan fingerprint density at radius 1 is 1.24 bits per heavy atom. The van der Waals surface area contributed by atoms with Crippen molar-refractivity contribution in [3.63, 3.8) is 0 Å². The summed E-state index contributed by atoms with van der Waals surface area (Å²) in [5.41, 5.74) is 4.55. The molecule has 1 aromatic heterocycles. The van der Waals surface area contributed by atoms with Crippen LogP contribution in [0.3, 0.4) is 0 Å². The van der Waals surface area contributed by atoms with Gasteiger partial charge in [0.1, 0.15) is 0 Å². The molecule has 0 bridgehead atoms. The van der Waals surface area contributed by atoms with E-state index in [4.69, 9.17) is 0 Å². The number of halogens is 3. The normalized spacial score (nSPS) is 14.9.